The smallest absolute Gasteiger partial charge is 0.0894 e. The quantitative estimate of drug-likeness (QED) is 0.905. The summed E-state index contributed by atoms with van der Waals surface area (Å²) in [5.41, 5.74) is 8.83. The summed E-state index contributed by atoms with van der Waals surface area (Å²) in [7, 11) is 0. The molecule has 1 atom stereocenters. The van der Waals surface area contributed by atoms with Gasteiger partial charge in [-0.1, -0.05) is 30.7 Å². The van der Waals surface area contributed by atoms with E-state index in [-0.39, 0.29) is 0 Å². The number of para-hydroxylation sites is 1. The number of halogens is 1. The second-order valence-electron chi connectivity index (χ2n) is 4.61. The minimum Gasteiger partial charge on any atom is -0.330 e. The Kier molecular flexibility index (Phi) is 3.65. The molecule has 0 amide bonds. The van der Waals surface area contributed by atoms with Crippen LogP contribution in [0.3, 0.4) is 0 Å². The van der Waals surface area contributed by atoms with Crippen LogP contribution in [0.2, 0.25) is 5.02 Å². The van der Waals surface area contributed by atoms with Gasteiger partial charge in [-0.25, -0.2) is 0 Å². The highest BCUT2D eigenvalue weighted by Gasteiger charge is 2.08. The number of benzene rings is 1. The monoisotopic (exact) mass is 248 g/mol. The molecule has 2 nitrogen and oxygen atoms in total. The van der Waals surface area contributed by atoms with Crippen LogP contribution in [0.5, 0.6) is 0 Å². The molecule has 0 radical (unpaired) electrons. The van der Waals surface area contributed by atoms with Crippen molar-refractivity contribution in [3.63, 3.8) is 0 Å². The molecule has 3 heteroatoms. The Bertz CT molecular complexity index is 537. The number of aryl methyl sites for hydroxylation is 1. The second kappa shape index (κ2) is 5.03. The van der Waals surface area contributed by atoms with E-state index in [0.29, 0.717) is 17.5 Å². The summed E-state index contributed by atoms with van der Waals surface area (Å²) >= 11 is 6.18. The third kappa shape index (κ3) is 2.59. The van der Waals surface area contributed by atoms with Crippen molar-refractivity contribution in [1.29, 1.82) is 0 Å². The third-order valence-electron chi connectivity index (χ3n) is 3.01. The van der Waals surface area contributed by atoms with Crippen molar-refractivity contribution >= 4 is 22.5 Å². The summed E-state index contributed by atoms with van der Waals surface area (Å²) in [6.07, 6.45) is 0.901. The van der Waals surface area contributed by atoms with Gasteiger partial charge in [0.05, 0.1) is 10.5 Å². The van der Waals surface area contributed by atoms with Crippen molar-refractivity contribution < 1.29 is 0 Å². The second-order valence-corrected chi connectivity index (χ2v) is 5.02. The van der Waals surface area contributed by atoms with Crippen molar-refractivity contribution in [3.05, 3.63) is 40.5 Å². The number of aromatic nitrogens is 1. The van der Waals surface area contributed by atoms with E-state index in [9.17, 15) is 0 Å². The van der Waals surface area contributed by atoms with Gasteiger partial charge in [0.25, 0.3) is 0 Å². The van der Waals surface area contributed by atoms with Crippen LogP contribution in [0.4, 0.5) is 0 Å². The Labute approximate surface area is 107 Å². The zero-order valence-electron chi connectivity index (χ0n) is 10.2. The summed E-state index contributed by atoms with van der Waals surface area (Å²) in [5.74, 6) is 0.446. The van der Waals surface area contributed by atoms with E-state index in [1.54, 1.807) is 0 Å². The Morgan fingerprint density at radius 1 is 1.41 bits per heavy atom. The van der Waals surface area contributed by atoms with Gasteiger partial charge in [-0.2, -0.15) is 0 Å². The first-order valence-corrected chi connectivity index (χ1v) is 6.24. The first-order valence-electron chi connectivity index (χ1n) is 5.86. The lowest BCUT2D eigenvalue weighted by molar-refractivity contribution is 0.585. The summed E-state index contributed by atoms with van der Waals surface area (Å²) in [5, 5.41) is 1.84. The van der Waals surface area contributed by atoms with Crippen LogP contribution in [0.1, 0.15) is 18.2 Å². The maximum Gasteiger partial charge on any atom is 0.0894 e. The normalized spacial score (nSPS) is 12.9. The zero-order chi connectivity index (χ0) is 12.4. The van der Waals surface area contributed by atoms with E-state index in [1.807, 2.05) is 12.1 Å². The van der Waals surface area contributed by atoms with Crippen molar-refractivity contribution in [2.24, 2.45) is 11.7 Å². The Balaban J connectivity index is 2.50. The molecule has 0 aliphatic heterocycles. The molecular weight excluding hydrogens is 232 g/mol. The number of nitrogens with two attached hydrogens (primary N) is 1. The molecule has 1 aromatic carbocycles. The van der Waals surface area contributed by atoms with Gasteiger partial charge in [0, 0.05) is 11.1 Å². The molecule has 0 saturated heterocycles. The Hall–Kier alpha value is -1.12. The standard InChI is InChI=1S/C14H17ClN2/c1-9(8-16)6-11-7-10(2)12-4-3-5-13(15)14(12)17-11/h3-5,7,9H,6,8,16H2,1-2H3. The molecular formula is C14H17ClN2. The van der Waals surface area contributed by atoms with Crippen LogP contribution in [0.15, 0.2) is 24.3 Å². The lowest BCUT2D eigenvalue weighted by atomic mass is 10.0. The first-order chi connectivity index (χ1) is 8.11. The fourth-order valence-electron chi connectivity index (χ4n) is 2.00. The van der Waals surface area contributed by atoms with Gasteiger partial charge >= 0.3 is 0 Å². The largest absolute Gasteiger partial charge is 0.330 e. The minimum atomic E-state index is 0.446. The number of pyridine rings is 1. The van der Waals surface area contributed by atoms with Crippen molar-refractivity contribution in [1.82, 2.24) is 4.98 Å². The van der Waals surface area contributed by atoms with Crippen molar-refractivity contribution in [2.45, 2.75) is 20.3 Å². The highest BCUT2D eigenvalue weighted by molar-refractivity contribution is 6.35. The van der Waals surface area contributed by atoms with E-state index in [1.165, 1.54) is 5.56 Å². The van der Waals surface area contributed by atoms with Gasteiger partial charge in [0.15, 0.2) is 0 Å². The van der Waals surface area contributed by atoms with Crippen LogP contribution >= 0.6 is 11.6 Å². The molecule has 0 aliphatic carbocycles. The number of nitrogens with zero attached hydrogens (tertiary/aromatic N) is 1. The van der Waals surface area contributed by atoms with Crippen LogP contribution in [0.25, 0.3) is 10.9 Å². The maximum atomic E-state index is 6.18. The summed E-state index contributed by atoms with van der Waals surface area (Å²) in [6, 6.07) is 8.03. The Morgan fingerprint density at radius 3 is 2.88 bits per heavy atom. The average Bonchev–Trinajstić information content (AvgIpc) is 2.30. The lowest BCUT2D eigenvalue weighted by Crippen LogP contribution is -2.14. The van der Waals surface area contributed by atoms with Gasteiger partial charge in [-0.05, 0) is 43.5 Å². The molecule has 90 valence electrons. The van der Waals surface area contributed by atoms with Gasteiger partial charge < -0.3 is 5.73 Å². The molecule has 2 aromatic rings. The SMILES string of the molecule is Cc1cc(CC(C)CN)nc2c(Cl)cccc12. The molecule has 0 aliphatic rings. The third-order valence-corrected chi connectivity index (χ3v) is 3.32. The van der Waals surface area contributed by atoms with E-state index < -0.39 is 0 Å². The minimum absolute atomic E-state index is 0.446. The molecule has 0 spiro atoms. The first kappa shape index (κ1) is 12.3. The Morgan fingerprint density at radius 2 is 2.18 bits per heavy atom. The van der Waals surface area contributed by atoms with Crippen LogP contribution < -0.4 is 5.73 Å². The molecule has 0 fully saturated rings. The van der Waals surface area contributed by atoms with Gasteiger partial charge in [0.2, 0.25) is 0 Å². The van der Waals surface area contributed by atoms with Crippen molar-refractivity contribution in [3.8, 4) is 0 Å². The summed E-state index contributed by atoms with van der Waals surface area (Å²) < 4.78 is 0. The van der Waals surface area contributed by atoms with E-state index in [4.69, 9.17) is 17.3 Å². The molecule has 1 heterocycles. The van der Waals surface area contributed by atoms with Crippen molar-refractivity contribution in [2.75, 3.05) is 6.54 Å². The lowest BCUT2D eigenvalue weighted by Gasteiger charge is -2.11. The summed E-state index contributed by atoms with van der Waals surface area (Å²) in [6.45, 7) is 4.91. The summed E-state index contributed by atoms with van der Waals surface area (Å²) in [4.78, 5) is 4.64. The van der Waals surface area contributed by atoms with Gasteiger partial charge in [-0.15, -0.1) is 0 Å². The van der Waals surface area contributed by atoms with Crippen LogP contribution in [0, 0.1) is 12.8 Å². The number of fused-ring (bicyclic) bond motifs is 1. The molecule has 1 aromatic heterocycles. The number of hydrogen-bond acceptors (Lipinski definition) is 2. The molecule has 0 bridgehead atoms. The van der Waals surface area contributed by atoms with E-state index >= 15 is 0 Å². The fraction of sp³-hybridized carbons (Fsp3) is 0.357. The molecule has 2 rings (SSSR count). The molecule has 0 saturated carbocycles. The number of rotatable bonds is 3. The topological polar surface area (TPSA) is 38.9 Å². The molecule has 2 N–H and O–H groups in total. The van der Waals surface area contributed by atoms with Gasteiger partial charge in [-0.3, -0.25) is 4.98 Å². The fourth-order valence-corrected chi connectivity index (χ4v) is 2.21. The molecule has 17 heavy (non-hydrogen) atoms. The van der Waals surface area contributed by atoms with E-state index in [2.05, 4.69) is 31.0 Å². The van der Waals surface area contributed by atoms with Gasteiger partial charge in [0.1, 0.15) is 0 Å². The van der Waals surface area contributed by atoms with Crippen LogP contribution in [-0.2, 0) is 6.42 Å². The highest BCUT2D eigenvalue weighted by atomic mass is 35.5. The predicted molar refractivity (Wildman–Crippen MR) is 73.4 cm³/mol. The predicted octanol–water partition coefficient (Wildman–Crippen LogP) is 3.33. The highest BCUT2D eigenvalue weighted by Crippen LogP contribution is 2.25. The number of hydrogen-bond donors (Lipinski definition) is 1. The van der Waals surface area contributed by atoms with Crippen LogP contribution in [-0.4, -0.2) is 11.5 Å². The maximum absolute atomic E-state index is 6.18. The molecule has 1 unspecified atom stereocenters. The van der Waals surface area contributed by atoms with E-state index in [0.717, 1.165) is 23.0 Å². The average molecular weight is 249 g/mol. The zero-order valence-corrected chi connectivity index (χ0v) is 11.0.